The van der Waals surface area contributed by atoms with Gasteiger partial charge < -0.3 is 0 Å². The summed E-state index contributed by atoms with van der Waals surface area (Å²) in [5, 5.41) is 0.176. The molecule has 2 heterocycles. The predicted molar refractivity (Wildman–Crippen MR) is 47.9 cm³/mol. The number of sulfone groups is 1. The third kappa shape index (κ3) is 1.08. The number of allylic oxidation sites excluding steroid dienone is 1. The Kier molecular flexibility index (Phi) is 1.68. The van der Waals surface area contributed by atoms with Gasteiger partial charge in [-0.05, 0) is 13.0 Å². The van der Waals surface area contributed by atoms with Gasteiger partial charge in [0, 0.05) is 4.91 Å². The Labute approximate surface area is 80.2 Å². The Morgan fingerprint density at radius 2 is 2.08 bits per heavy atom. The van der Waals surface area contributed by atoms with Crippen LogP contribution in [0.4, 0.5) is 0 Å². The van der Waals surface area contributed by atoms with E-state index in [1.165, 1.54) is 13.0 Å². The largest absolute Gasteiger partial charge is 0.224 e. The van der Waals surface area contributed by atoms with Crippen molar-refractivity contribution >= 4 is 27.5 Å². The van der Waals surface area contributed by atoms with Crippen LogP contribution < -0.4 is 0 Å². The first-order valence-electron chi connectivity index (χ1n) is 3.47. The van der Waals surface area contributed by atoms with Crippen molar-refractivity contribution < 1.29 is 8.42 Å². The van der Waals surface area contributed by atoms with E-state index < -0.39 is 9.84 Å². The zero-order valence-electron chi connectivity index (χ0n) is 6.65. The second-order valence-electron chi connectivity index (χ2n) is 2.64. The summed E-state index contributed by atoms with van der Waals surface area (Å²) in [5.74, 6) is 0. The molecule has 0 radical (unpaired) electrons. The number of aromatic nitrogens is 2. The lowest BCUT2D eigenvalue weighted by Gasteiger charge is -1.97. The van der Waals surface area contributed by atoms with Gasteiger partial charge in [0.15, 0.2) is 5.03 Å². The lowest BCUT2D eigenvalue weighted by atomic mass is 10.3. The molecule has 1 aromatic rings. The summed E-state index contributed by atoms with van der Waals surface area (Å²) in [6, 6.07) is 0. The summed E-state index contributed by atoms with van der Waals surface area (Å²) in [7, 11) is -3.38. The van der Waals surface area contributed by atoms with Crippen LogP contribution in [0, 0.1) is 0 Å². The SMILES string of the molecule is CC1=Cc2c(Cl)ncnc2S1(=O)=O. The van der Waals surface area contributed by atoms with Crippen LogP contribution in [0.25, 0.3) is 6.08 Å². The van der Waals surface area contributed by atoms with Gasteiger partial charge >= 0.3 is 0 Å². The maximum atomic E-state index is 11.5. The zero-order valence-corrected chi connectivity index (χ0v) is 8.22. The van der Waals surface area contributed by atoms with Crippen molar-refractivity contribution in [1.82, 2.24) is 9.97 Å². The predicted octanol–water partition coefficient (Wildman–Crippen LogP) is 1.28. The molecule has 0 aliphatic carbocycles. The highest BCUT2D eigenvalue weighted by Crippen LogP contribution is 2.33. The van der Waals surface area contributed by atoms with E-state index in [0.717, 1.165) is 6.33 Å². The molecule has 13 heavy (non-hydrogen) atoms. The molecular formula is C7H5ClN2O2S. The molecular weight excluding hydrogens is 212 g/mol. The number of hydrogen-bond acceptors (Lipinski definition) is 4. The molecule has 0 unspecified atom stereocenters. The van der Waals surface area contributed by atoms with Crippen LogP contribution in [0.3, 0.4) is 0 Å². The second-order valence-corrected chi connectivity index (χ2v) is 5.04. The summed E-state index contributed by atoms with van der Waals surface area (Å²) >= 11 is 5.70. The molecule has 0 saturated carbocycles. The number of fused-ring (bicyclic) bond motifs is 1. The quantitative estimate of drug-likeness (QED) is 0.613. The molecule has 1 aliphatic rings. The highest BCUT2D eigenvalue weighted by Gasteiger charge is 2.29. The van der Waals surface area contributed by atoms with Crippen molar-refractivity contribution in [1.29, 1.82) is 0 Å². The third-order valence-electron chi connectivity index (χ3n) is 1.82. The van der Waals surface area contributed by atoms with Crippen molar-refractivity contribution in [3.05, 3.63) is 21.9 Å². The lowest BCUT2D eigenvalue weighted by Crippen LogP contribution is -2.01. The maximum Gasteiger partial charge on any atom is 0.220 e. The first-order valence-corrected chi connectivity index (χ1v) is 5.33. The molecule has 2 rings (SSSR count). The molecule has 0 amide bonds. The molecule has 6 heteroatoms. The Balaban J connectivity index is 2.87. The van der Waals surface area contributed by atoms with Gasteiger partial charge in [0.25, 0.3) is 0 Å². The Morgan fingerprint density at radius 3 is 2.69 bits per heavy atom. The van der Waals surface area contributed by atoms with Crippen molar-refractivity contribution in [3.63, 3.8) is 0 Å². The normalized spacial score (nSPS) is 18.2. The minimum Gasteiger partial charge on any atom is -0.224 e. The van der Waals surface area contributed by atoms with Gasteiger partial charge in [-0.15, -0.1) is 0 Å². The molecule has 0 fully saturated rings. The van der Waals surface area contributed by atoms with Gasteiger partial charge in [-0.1, -0.05) is 11.6 Å². The van der Waals surface area contributed by atoms with Gasteiger partial charge in [-0.2, -0.15) is 0 Å². The van der Waals surface area contributed by atoms with Gasteiger partial charge in [-0.25, -0.2) is 18.4 Å². The Morgan fingerprint density at radius 1 is 1.38 bits per heavy atom. The van der Waals surface area contributed by atoms with Crippen molar-refractivity contribution in [3.8, 4) is 0 Å². The summed E-state index contributed by atoms with van der Waals surface area (Å²) < 4.78 is 23.0. The molecule has 0 atom stereocenters. The first kappa shape index (κ1) is 8.65. The Hall–Kier alpha value is -0.940. The minimum atomic E-state index is -3.38. The van der Waals surface area contributed by atoms with Crippen LogP contribution in [-0.4, -0.2) is 18.4 Å². The van der Waals surface area contributed by atoms with Gasteiger partial charge in [0.2, 0.25) is 9.84 Å². The number of halogens is 1. The minimum absolute atomic E-state index is 0.00463. The monoisotopic (exact) mass is 216 g/mol. The van der Waals surface area contributed by atoms with E-state index in [1.54, 1.807) is 0 Å². The van der Waals surface area contributed by atoms with E-state index in [4.69, 9.17) is 11.6 Å². The fourth-order valence-corrected chi connectivity index (χ4v) is 2.58. The highest BCUT2D eigenvalue weighted by atomic mass is 35.5. The fourth-order valence-electron chi connectivity index (χ4n) is 1.13. The van der Waals surface area contributed by atoms with Crippen LogP contribution in [0.5, 0.6) is 0 Å². The third-order valence-corrected chi connectivity index (χ3v) is 3.93. The molecule has 4 nitrogen and oxygen atoms in total. The maximum absolute atomic E-state index is 11.5. The molecule has 0 spiro atoms. The van der Waals surface area contributed by atoms with Gasteiger partial charge in [0.1, 0.15) is 11.5 Å². The van der Waals surface area contributed by atoms with Crippen molar-refractivity contribution in [2.75, 3.05) is 0 Å². The number of hydrogen-bond donors (Lipinski definition) is 0. The second kappa shape index (κ2) is 2.52. The topological polar surface area (TPSA) is 59.9 Å². The first-order chi connectivity index (χ1) is 6.03. The molecule has 0 bridgehead atoms. The lowest BCUT2D eigenvalue weighted by molar-refractivity contribution is 0.599. The van der Waals surface area contributed by atoms with Crippen molar-refractivity contribution in [2.45, 2.75) is 11.9 Å². The van der Waals surface area contributed by atoms with Crippen LogP contribution in [-0.2, 0) is 9.84 Å². The molecule has 0 N–H and O–H groups in total. The zero-order chi connectivity index (χ0) is 9.64. The molecule has 0 aromatic carbocycles. The molecule has 1 aromatic heterocycles. The van der Waals surface area contributed by atoms with E-state index in [2.05, 4.69) is 9.97 Å². The van der Waals surface area contributed by atoms with Crippen LogP contribution in [0.1, 0.15) is 12.5 Å². The standard InChI is InChI=1S/C7H5ClN2O2S/c1-4-2-5-6(8)9-3-10-7(5)13(4,11)12/h2-3H,1H3. The van der Waals surface area contributed by atoms with E-state index in [1.807, 2.05) is 0 Å². The van der Waals surface area contributed by atoms with Crippen LogP contribution in [0.15, 0.2) is 16.3 Å². The van der Waals surface area contributed by atoms with Crippen molar-refractivity contribution in [2.24, 2.45) is 0 Å². The average molecular weight is 217 g/mol. The van der Waals surface area contributed by atoms with Gasteiger partial charge in [0.05, 0.1) is 5.56 Å². The summed E-state index contributed by atoms with van der Waals surface area (Å²) in [4.78, 5) is 7.64. The molecule has 68 valence electrons. The molecule has 0 saturated heterocycles. The fraction of sp³-hybridized carbons (Fsp3) is 0.143. The summed E-state index contributed by atoms with van der Waals surface area (Å²) in [6.45, 7) is 1.51. The molecule has 1 aliphatic heterocycles. The van der Waals surface area contributed by atoms with Crippen LogP contribution >= 0.6 is 11.6 Å². The smallest absolute Gasteiger partial charge is 0.220 e. The van der Waals surface area contributed by atoms with Crippen LogP contribution in [0.2, 0.25) is 5.15 Å². The summed E-state index contributed by atoms with van der Waals surface area (Å²) in [6.07, 6.45) is 2.62. The Bertz CT molecular complexity index is 507. The van der Waals surface area contributed by atoms with E-state index >= 15 is 0 Å². The van der Waals surface area contributed by atoms with Gasteiger partial charge in [-0.3, -0.25) is 0 Å². The van der Waals surface area contributed by atoms with E-state index in [9.17, 15) is 8.42 Å². The van der Waals surface area contributed by atoms with E-state index in [0.29, 0.717) is 5.56 Å². The summed E-state index contributed by atoms with van der Waals surface area (Å²) in [5.41, 5.74) is 0.390. The average Bonchev–Trinajstić information content (AvgIpc) is 2.28. The number of rotatable bonds is 0. The van der Waals surface area contributed by atoms with E-state index in [-0.39, 0.29) is 15.1 Å². The number of nitrogens with zero attached hydrogens (tertiary/aromatic N) is 2. The highest BCUT2D eigenvalue weighted by molar-refractivity contribution is 7.95.